The molecule has 3 rings (SSSR count). The molecule has 0 saturated heterocycles. The number of nitrogens with zero attached hydrogens (tertiary/aromatic N) is 3. The number of aromatic carboxylic acids is 1. The van der Waals surface area contributed by atoms with E-state index in [1.165, 1.54) is 6.07 Å². The number of carbonyl (C=O) groups excluding carboxylic acids is 1. The zero-order valence-electron chi connectivity index (χ0n) is 11.6. The Bertz CT molecular complexity index is 721. The van der Waals surface area contributed by atoms with Crippen LogP contribution < -0.4 is 4.90 Å². The zero-order valence-corrected chi connectivity index (χ0v) is 11.6. The molecule has 108 valence electrons. The van der Waals surface area contributed by atoms with Crippen LogP contribution in [0.2, 0.25) is 0 Å². The van der Waals surface area contributed by atoms with E-state index in [0.717, 1.165) is 16.8 Å². The number of rotatable bonds is 3. The first-order valence-electron chi connectivity index (χ1n) is 6.68. The summed E-state index contributed by atoms with van der Waals surface area (Å²) in [5, 5.41) is 13.2. The third kappa shape index (κ3) is 2.52. The van der Waals surface area contributed by atoms with Gasteiger partial charge in [-0.05, 0) is 30.2 Å². The van der Waals surface area contributed by atoms with Crippen molar-refractivity contribution in [2.45, 2.75) is 19.4 Å². The number of carboxylic acids is 1. The van der Waals surface area contributed by atoms with Crippen molar-refractivity contribution in [2.24, 2.45) is 7.05 Å². The Kier molecular flexibility index (Phi) is 3.21. The van der Waals surface area contributed by atoms with Crippen LogP contribution in [0.5, 0.6) is 0 Å². The lowest BCUT2D eigenvalue weighted by Crippen LogP contribution is -2.34. The summed E-state index contributed by atoms with van der Waals surface area (Å²) in [6.07, 6.45) is 4.58. The number of fused-ring (bicyclic) bond motifs is 1. The number of aryl methyl sites for hydroxylation is 2. The van der Waals surface area contributed by atoms with Gasteiger partial charge in [0, 0.05) is 30.9 Å². The summed E-state index contributed by atoms with van der Waals surface area (Å²) < 4.78 is 1.69. The first-order chi connectivity index (χ1) is 10.0. The Morgan fingerprint density at radius 2 is 2.19 bits per heavy atom. The molecule has 0 bridgehead atoms. The summed E-state index contributed by atoms with van der Waals surface area (Å²) in [6, 6.07) is 4.91. The van der Waals surface area contributed by atoms with Crippen molar-refractivity contribution >= 4 is 17.6 Å². The SMILES string of the molecule is Cn1cc(CN2C(=O)CCc3cc(C(=O)O)ccc32)cn1. The van der Waals surface area contributed by atoms with Gasteiger partial charge in [0.1, 0.15) is 0 Å². The minimum absolute atomic E-state index is 0.0504. The van der Waals surface area contributed by atoms with Crippen LogP contribution in [0.1, 0.15) is 27.9 Å². The molecule has 0 radical (unpaired) electrons. The topological polar surface area (TPSA) is 75.4 Å². The van der Waals surface area contributed by atoms with Gasteiger partial charge in [-0.25, -0.2) is 4.79 Å². The predicted molar refractivity (Wildman–Crippen MR) is 76.1 cm³/mol. The van der Waals surface area contributed by atoms with E-state index < -0.39 is 5.97 Å². The van der Waals surface area contributed by atoms with Crippen LogP contribution in [0.25, 0.3) is 0 Å². The minimum atomic E-state index is -0.950. The molecule has 1 aromatic carbocycles. The van der Waals surface area contributed by atoms with E-state index in [2.05, 4.69) is 5.10 Å². The number of carbonyl (C=O) groups is 2. The molecular formula is C15H15N3O3. The van der Waals surface area contributed by atoms with Crippen LogP contribution in [0.3, 0.4) is 0 Å². The molecule has 1 aliphatic rings. The number of benzene rings is 1. The van der Waals surface area contributed by atoms with E-state index in [-0.39, 0.29) is 11.5 Å². The van der Waals surface area contributed by atoms with E-state index in [9.17, 15) is 9.59 Å². The van der Waals surface area contributed by atoms with Crippen LogP contribution in [-0.4, -0.2) is 26.8 Å². The first-order valence-corrected chi connectivity index (χ1v) is 6.68. The Morgan fingerprint density at radius 1 is 1.38 bits per heavy atom. The molecule has 1 N–H and O–H groups in total. The summed E-state index contributed by atoms with van der Waals surface area (Å²) in [7, 11) is 1.83. The average molecular weight is 285 g/mol. The smallest absolute Gasteiger partial charge is 0.335 e. The van der Waals surface area contributed by atoms with Gasteiger partial charge in [0.2, 0.25) is 5.91 Å². The van der Waals surface area contributed by atoms with Crippen molar-refractivity contribution in [1.29, 1.82) is 0 Å². The molecule has 2 heterocycles. The number of hydrogen-bond acceptors (Lipinski definition) is 3. The molecule has 0 saturated carbocycles. The highest BCUT2D eigenvalue weighted by Crippen LogP contribution is 2.30. The van der Waals surface area contributed by atoms with Crippen molar-refractivity contribution in [1.82, 2.24) is 9.78 Å². The molecule has 2 aromatic rings. The molecule has 6 nitrogen and oxygen atoms in total. The fraction of sp³-hybridized carbons (Fsp3) is 0.267. The Balaban J connectivity index is 1.95. The van der Waals surface area contributed by atoms with Crippen molar-refractivity contribution in [2.75, 3.05) is 4.90 Å². The molecule has 1 aliphatic heterocycles. The lowest BCUT2D eigenvalue weighted by atomic mass is 9.98. The van der Waals surface area contributed by atoms with Gasteiger partial charge in [-0.2, -0.15) is 5.10 Å². The highest BCUT2D eigenvalue weighted by molar-refractivity contribution is 5.97. The highest BCUT2D eigenvalue weighted by atomic mass is 16.4. The maximum absolute atomic E-state index is 12.2. The van der Waals surface area contributed by atoms with E-state index in [1.807, 2.05) is 13.2 Å². The lowest BCUT2D eigenvalue weighted by Gasteiger charge is -2.29. The summed E-state index contributed by atoms with van der Waals surface area (Å²) in [5.41, 5.74) is 2.89. The highest BCUT2D eigenvalue weighted by Gasteiger charge is 2.25. The third-order valence-electron chi connectivity index (χ3n) is 3.63. The van der Waals surface area contributed by atoms with E-state index in [1.54, 1.807) is 27.9 Å². The maximum Gasteiger partial charge on any atom is 0.335 e. The number of hydrogen-bond donors (Lipinski definition) is 1. The van der Waals surface area contributed by atoms with E-state index >= 15 is 0 Å². The van der Waals surface area contributed by atoms with Gasteiger partial charge in [0.15, 0.2) is 0 Å². The van der Waals surface area contributed by atoms with Gasteiger partial charge in [-0.3, -0.25) is 9.48 Å². The van der Waals surface area contributed by atoms with Crippen molar-refractivity contribution in [3.8, 4) is 0 Å². The largest absolute Gasteiger partial charge is 0.478 e. The zero-order chi connectivity index (χ0) is 15.0. The average Bonchev–Trinajstić information content (AvgIpc) is 2.87. The Hall–Kier alpha value is -2.63. The Labute approximate surface area is 121 Å². The molecule has 0 spiro atoms. The van der Waals surface area contributed by atoms with Crippen molar-refractivity contribution in [3.63, 3.8) is 0 Å². The fourth-order valence-electron chi connectivity index (χ4n) is 2.60. The lowest BCUT2D eigenvalue weighted by molar-refractivity contribution is -0.119. The molecule has 21 heavy (non-hydrogen) atoms. The summed E-state index contributed by atoms with van der Waals surface area (Å²) in [4.78, 5) is 24.9. The molecule has 6 heteroatoms. The molecular weight excluding hydrogens is 270 g/mol. The number of carboxylic acid groups (broad SMARTS) is 1. The third-order valence-corrected chi connectivity index (χ3v) is 3.63. The van der Waals surface area contributed by atoms with Gasteiger partial charge < -0.3 is 10.0 Å². The molecule has 0 atom stereocenters. The number of aromatic nitrogens is 2. The summed E-state index contributed by atoms with van der Waals surface area (Å²) in [6.45, 7) is 0.450. The summed E-state index contributed by atoms with van der Waals surface area (Å²) in [5.74, 6) is -0.900. The van der Waals surface area contributed by atoms with Crippen LogP contribution in [-0.2, 0) is 24.8 Å². The number of amides is 1. The predicted octanol–water partition coefficient (Wildman–Crippen LogP) is 1.60. The molecule has 0 aliphatic carbocycles. The van der Waals surface area contributed by atoms with Crippen LogP contribution in [0.4, 0.5) is 5.69 Å². The normalized spacial score (nSPS) is 14.1. The minimum Gasteiger partial charge on any atom is -0.478 e. The Morgan fingerprint density at radius 3 is 2.86 bits per heavy atom. The van der Waals surface area contributed by atoms with Crippen molar-refractivity contribution in [3.05, 3.63) is 47.3 Å². The van der Waals surface area contributed by atoms with Crippen molar-refractivity contribution < 1.29 is 14.7 Å². The van der Waals surface area contributed by atoms with Gasteiger partial charge in [0.05, 0.1) is 18.3 Å². The van der Waals surface area contributed by atoms with Crippen LogP contribution >= 0.6 is 0 Å². The van der Waals surface area contributed by atoms with Crippen LogP contribution in [0.15, 0.2) is 30.6 Å². The second-order valence-electron chi connectivity index (χ2n) is 5.15. The quantitative estimate of drug-likeness (QED) is 0.929. The molecule has 0 unspecified atom stereocenters. The maximum atomic E-state index is 12.2. The van der Waals surface area contributed by atoms with Gasteiger partial charge in [-0.1, -0.05) is 0 Å². The monoisotopic (exact) mass is 285 g/mol. The second kappa shape index (κ2) is 5.05. The standard InChI is InChI=1S/C15H15N3O3/c1-17-8-10(7-16-17)9-18-13-4-2-12(15(20)21)6-11(13)3-5-14(18)19/h2,4,6-8H,3,5,9H2,1H3,(H,20,21). The molecule has 1 amide bonds. The van der Waals surface area contributed by atoms with Gasteiger partial charge in [0.25, 0.3) is 0 Å². The summed E-state index contributed by atoms with van der Waals surface area (Å²) >= 11 is 0. The van der Waals surface area contributed by atoms with E-state index in [0.29, 0.717) is 19.4 Å². The van der Waals surface area contributed by atoms with E-state index in [4.69, 9.17) is 5.11 Å². The molecule has 1 aromatic heterocycles. The first kappa shape index (κ1) is 13.4. The number of anilines is 1. The van der Waals surface area contributed by atoms with Gasteiger partial charge >= 0.3 is 5.97 Å². The second-order valence-corrected chi connectivity index (χ2v) is 5.15. The van der Waals surface area contributed by atoms with Crippen LogP contribution in [0, 0.1) is 0 Å². The fourth-order valence-corrected chi connectivity index (χ4v) is 2.60. The molecule has 0 fully saturated rings. The van der Waals surface area contributed by atoms with Gasteiger partial charge in [-0.15, -0.1) is 0 Å².